The average Bonchev–Trinajstić information content (AvgIpc) is 2.88. The maximum absolute atomic E-state index is 11.7. The molecule has 9 nitrogen and oxygen atoms in total. The van der Waals surface area contributed by atoms with Crippen LogP contribution in [0.3, 0.4) is 0 Å². The smallest absolute Gasteiger partial charge is 0.223 e. The van der Waals surface area contributed by atoms with Crippen LogP contribution in [-0.4, -0.2) is 65.6 Å². The number of para-hydroxylation sites is 1. The Labute approximate surface area is 209 Å². The third kappa shape index (κ3) is 5.34. The Hall–Kier alpha value is -3.50. The molecule has 4 rings (SSSR count). The molecule has 0 radical (unpaired) electrons. The van der Waals surface area contributed by atoms with Gasteiger partial charge in [-0.25, -0.2) is 4.57 Å². The molecule has 3 aromatic rings. The zero-order chi connectivity index (χ0) is 25.8. The van der Waals surface area contributed by atoms with E-state index in [2.05, 4.69) is 22.0 Å². The fraction of sp³-hybridized carbons (Fsp3) is 0.333. The number of pyridine rings is 1. The van der Waals surface area contributed by atoms with Crippen LogP contribution in [-0.2, 0) is 16.6 Å². The van der Waals surface area contributed by atoms with Crippen LogP contribution in [0.25, 0.3) is 23.1 Å². The molecule has 1 amide bonds. The van der Waals surface area contributed by atoms with Crippen molar-refractivity contribution in [3.63, 3.8) is 0 Å². The zero-order valence-electron chi connectivity index (χ0n) is 20.4. The van der Waals surface area contributed by atoms with E-state index in [0.717, 1.165) is 22.0 Å². The molecule has 2 heterocycles. The normalized spacial score (nSPS) is 24.1. The number of aliphatic hydroxyl groups excluding tert-OH is 3. The first-order valence-corrected chi connectivity index (χ1v) is 11.6. The molecule has 0 unspecified atom stereocenters. The number of ether oxygens (including phenoxy) is 3. The molecule has 1 aromatic heterocycles. The van der Waals surface area contributed by atoms with Crippen molar-refractivity contribution in [1.29, 1.82) is 0 Å². The third-order valence-electron chi connectivity index (χ3n) is 6.21. The van der Waals surface area contributed by atoms with E-state index < -0.39 is 43.2 Å². The monoisotopic (exact) mass is 495 g/mol. The van der Waals surface area contributed by atoms with Gasteiger partial charge in [-0.3, -0.25) is 4.79 Å². The molecule has 1 aliphatic heterocycles. The summed E-state index contributed by atoms with van der Waals surface area (Å²) in [6, 6.07) is 14.5. The van der Waals surface area contributed by atoms with Crippen molar-refractivity contribution in [2.24, 2.45) is 7.05 Å². The number of aromatic nitrogens is 1. The summed E-state index contributed by atoms with van der Waals surface area (Å²) in [6.07, 6.45) is 0.964. The molecular weight excluding hydrogens is 464 g/mol. The highest BCUT2D eigenvalue weighted by Gasteiger charge is 2.46. The quantitative estimate of drug-likeness (QED) is 0.363. The minimum atomic E-state index is -1.40. The van der Waals surface area contributed by atoms with Crippen molar-refractivity contribution in [2.75, 3.05) is 13.7 Å². The van der Waals surface area contributed by atoms with E-state index in [1.807, 2.05) is 49.7 Å². The predicted molar refractivity (Wildman–Crippen MR) is 133 cm³/mol. The van der Waals surface area contributed by atoms with Crippen LogP contribution in [0.1, 0.15) is 18.1 Å². The number of nitrogens with zero attached hydrogens (tertiary/aromatic N) is 1. The molecule has 1 fully saturated rings. The highest BCUT2D eigenvalue weighted by atomic mass is 16.7. The standard InChI is InChI=1S/C27H30N2O7/c1-16(31)28-24-26(33)25(32)23(15-30)36-27(24)35-21-11-9-17(14-22(21)34-3)8-10-18-12-13-29(2)20-7-5-4-6-19(18)20/h4-14,23-27,30,32-33H,15H2,1-3H3/p+1/t23-,24+,25-,26-,27-/m1/s1. The number of hydrogen-bond acceptors (Lipinski definition) is 7. The summed E-state index contributed by atoms with van der Waals surface area (Å²) in [7, 11) is 3.51. The molecule has 2 aromatic carbocycles. The van der Waals surface area contributed by atoms with Crippen LogP contribution in [0, 0.1) is 0 Å². The number of aryl methyl sites for hydroxylation is 1. The van der Waals surface area contributed by atoms with Crippen LogP contribution in [0.5, 0.6) is 11.5 Å². The lowest BCUT2D eigenvalue weighted by Gasteiger charge is -2.42. The van der Waals surface area contributed by atoms with Gasteiger partial charge in [0.2, 0.25) is 17.7 Å². The molecule has 0 spiro atoms. The van der Waals surface area contributed by atoms with Crippen molar-refractivity contribution >= 4 is 29.0 Å². The SMILES string of the molecule is COc1cc(C=Cc2cc[n+](C)c3ccccc23)ccc1O[C@@H]1O[C@H](CO)[C@@H](O)[C@H](O)[C@@H]1NC(C)=O. The fourth-order valence-corrected chi connectivity index (χ4v) is 4.30. The number of carbonyl (C=O) groups excluding carboxylic acids is 1. The van der Waals surface area contributed by atoms with Gasteiger partial charge in [0, 0.05) is 19.1 Å². The molecule has 0 saturated carbocycles. The minimum absolute atomic E-state index is 0.312. The van der Waals surface area contributed by atoms with Crippen molar-refractivity contribution in [3.05, 3.63) is 65.9 Å². The van der Waals surface area contributed by atoms with Crippen LogP contribution >= 0.6 is 0 Å². The van der Waals surface area contributed by atoms with Gasteiger partial charge in [0.05, 0.1) is 19.1 Å². The first-order chi connectivity index (χ1) is 17.3. The molecule has 190 valence electrons. The number of rotatable bonds is 7. The van der Waals surface area contributed by atoms with E-state index in [-0.39, 0.29) is 0 Å². The molecule has 0 aliphatic carbocycles. The molecule has 36 heavy (non-hydrogen) atoms. The lowest BCUT2D eigenvalue weighted by atomic mass is 9.97. The first-order valence-electron chi connectivity index (χ1n) is 11.6. The predicted octanol–water partition coefficient (Wildman–Crippen LogP) is 1.17. The van der Waals surface area contributed by atoms with Crippen molar-refractivity contribution in [3.8, 4) is 11.5 Å². The Kier molecular flexibility index (Phi) is 7.85. The number of hydrogen-bond donors (Lipinski definition) is 4. The van der Waals surface area contributed by atoms with Crippen LogP contribution in [0.4, 0.5) is 0 Å². The average molecular weight is 496 g/mol. The molecule has 0 bridgehead atoms. The fourth-order valence-electron chi connectivity index (χ4n) is 4.30. The van der Waals surface area contributed by atoms with Crippen molar-refractivity contribution < 1.29 is 38.9 Å². The molecule has 4 N–H and O–H groups in total. The summed E-state index contributed by atoms with van der Waals surface area (Å²) in [5, 5.41) is 33.9. The van der Waals surface area contributed by atoms with Gasteiger partial charge in [0.25, 0.3) is 0 Å². The Balaban J connectivity index is 1.59. The number of methoxy groups -OCH3 is 1. The number of nitrogens with one attached hydrogen (secondary N) is 1. The van der Waals surface area contributed by atoms with Gasteiger partial charge in [0.1, 0.15) is 31.4 Å². The maximum Gasteiger partial charge on any atom is 0.223 e. The van der Waals surface area contributed by atoms with Crippen LogP contribution < -0.4 is 19.4 Å². The van der Waals surface area contributed by atoms with E-state index in [4.69, 9.17) is 14.2 Å². The number of amides is 1. The summed E-state index contributed by atoms with van der Waals surface area (Å²) in [4.78, 5) is 11.7. The van der Waals surface area contributed by atoms with E-state index >= 15 is 0 Å². The molecule has 9 heteroatoms. The van der Waals surface area contributed by atoms with E-state index in [1.165, 1.54) is 14.0 Å². The lowest BCUT2D eigenvalue weighted by Crippen LogP contribution is -2.65. The topological polar surface area (TPSA) is 121 Å². The highest BCUT2D eigenvalue weighted by molar-refractivity contribution is 5.88. The summed E-state index contributed by atoms with van der Waals surface area (Å²) < 4.78 is 19.2. The van der Waals surface area contributed by atoms with Gasteiger partial charge in [0.15, 0.2) is 17.7 Å². The van der Waals surface area contributed by atoms with Gasteiger partial charge in [-0.1, -0.05) is 30.4 Å². The summed E-state index contributed by atoms with van der Waals surface area (Å²) in [6.45, 7) is 0.754. The molecule has 1 aliphatic rings. The van der Waals surface area contributed by atoms with Crippen molar-refractivity contribution in [2.45, 2.75) is 37.6 Å². The number of benzene rings is 2. The van der Waals surface area contributed by atoms with Gasteiger partial charge < -0.3 is 34.8 Å². The lowest BCUT2D eigenvalue weighted by molar-refractivity contribution is -0.644. The van der Waals surface area contributed by atoms with E-state index in [0.29, 0.717) is 11.5 Å². The zero-order valence-corrected chi connectivity index (χ0v) is 20.4. The summed E-state index contributed by atoms with van der Waals surface area (Å²) >= 11 is 0. The van der Waals surface area contributed by atoms with Crippen molar-refractivity contribution in [1.82, 2.24) is 5.32 Å². The first kappa shape index (κ1) is 25.6. The van der Waals surface area contributed by atoms with Gasteiger partial charge in [-0.15, -0.1) is 0 Å². The number of carbonyl (C=O) groups is 1. The van der Waals surface area contributed by atoms with Gasteiger partial charge in [-0.2, -0.15) is 0 Å². The molecular formula is C27H31N2O7+. The van der Waals surface area contributed by atoms with E-state index in [9.17, 15) is 20.1 Å². The summed E-state index contributed by atoms with van der Waals surface area (Å²) in [5.41, 5.74) is 3.05. The van der Waals surface area contributed by atoms with Crippen LogP contribution in [0.2, 0.25) is 0 Å². The molecule has 5 atom stereocenters. The van der Waals surface area contributed by atoms with Gasteiger partial charge in [-0.05, 0) is 29.3 Å². The number of aliphatic hydroxyl groups is 3. The Morgan fingerprint density at radius 1 is 1.11 bits per heavy atom. The highest BCUT2D eigenvalue weighted by Crippen LogP contribution is 2.32. The Morgan fingerprint density at radius 3 is 2.61 bits per heavy atom. The Bertz CT molecular complexity index is 1260. The maximum atomic E-state index is 11.7. The van der Waals surface area contributed by atoms with E-state index in [1.54, 1.807) is 12.1 Å². The largest absolute Gasteiger partial charge is 0.493 e. The third-order valence-corrected chi connectivity index (χ3v) is 6.21. The second-order valence-corrected chi connectivity index (χ2v) is 8.69. The molecule has 1 saturated heterocycles. The summed E-state index contributed by atoms with van der Waals surface area (Å²) in [5.74, 6) is 0.292. The second-order valence-electron chi connectivity index (χ2n) is 8.69. The van der Waals surface area contributed by atoms with Crippen LogP contribution in [0.15, 0.2) is 54.7 Å². The Morgan fingerprint density at radius 2 is 1.89 bits per heavy atom. The van der Waals surface area contributed by atoms with Gasteiger partial charge >= 0.3 is 0 Å². The minimum Gasteiger partial charge on any atom is -0.493 e. The number of fused-ring (bicyclic) bond motifs is 1. The second kappa shape index (κ2) is 11.0.